The van der Waals surface area contributed by atoms with Crippen LogP contribution in [0.4, 0.5) is 23.1 Å². The molecule has 1 aliphatic rings. The Morgan fingerprint density at radius 2 is 1.86 bits per heavy atom. The first-order valence-electron chi connectivity index (χ1n) is 12.7. The Labute approximate surface area is 216 Å². The third-order valence-corrected chi connectivity index (χ3v) is 7.06. The second-order valence-corrected chi connectivity index (χ2v) is 9.81. The molecule has 1 aromatic carbocycles. The molecule has 10 heteroatoms. The number of rotatable bonds is 11. The van der Waals surface area contributed by atoms with E-state index in [0.29, 0.717) is 29.1 Å². The molecule has 9 nitrogen and oxygen atoms in total. The highest BCUT2D eigenvalue weighted by Crippen LogP contribution is 2.38. The number of benzene rings is 1. The van der Waals surface area contributed by atoms with Crippen molar-refractivity contribution in [3.05, 3.63) is 36.0 Å². The molecule has 0 bridgehead atoms. The highest BCUT2D eigenvalue weighted by Gasteiger charge is 2.23. The average molecular weight is 510 g/mol. The van der Waals surface area contributed by atoms with Gasteiger partial charge in [-0.1, -0.05) is 12.8 Å². The number of H-pyrrole nitrogens is 1. The summed E-state index contributed by atoms with van der Waals surface area (Å²) in [6.07, 6.45) is 4.25. The number of carbonyl (C=O) groups is 1. The van der Waals surface area contributed by atoms with Crippen LogP contribution in [0.2, 0.25) is 0 Å². The second kappa shape index (κ2) is 12.1. The normalized spacial score (nSPS) is 13.6. The lowest BCUT2D eigenvalue weighted by atomic mass is 10.1. The summed E-state index contributed by atoms with van der Waals surface area (Å²) in [6.45, 7) is 10.1. The topological polar surface area (TPSA) is 108 Å². The number of aromatic amines is 1. The summed E-state index contributed by atoms with van der Waals surface area (Å²) in [5, 5.41) is 14.2. The monoisotopic (exact) mass is 509 g/mol. The van der Waals surface area contributed by atoms with Gasteiger partial charge in [0.15, 0.2) is 22.6 Å². The quantitative estimate of drug-likeness (QED) is 0.279. The van der Waals surface area contributed by atoms with Crippen molar-refractivity contribution in [1.82, 2.24) is 20.2 Å². The maximum absolute atomic E-state index is 12.5. The van der Waals surface area contributed by atoms with Crippen LogP contribution in [0.3, 0.4) is 0 Å². The first-order valence-corrected chi connectivity index (χ1v) is 13.5. The molecule has 0 saturated heterocycles. The summed E-state index contributed by atoms with van der Waals surface area (Å²) >= 11 is 1.46. The smallest absolute Gasteiger partial charge is 0.227 e. The van der Waals surface area contributed by atoms with Crippen molar-refractivity contribution in [2.24, 2.45) is 5.92 Å². The fourth-order valence-electron chi connectivity index (χ4n) is 4.31. The number of aryl methyl sites for hydroxylation is 1. The Bertz CT molecular complexity index is 1160. The molecule has 4 rings (SSSR count). The Morgan fingerprint density at radius 1 is 1.14 bits per heavy atom. The number of aromatic nitrogens is 4. The highest BCUT2D eigenvalue weighted by molar-refractivity contribution is 7.99. The largest absolute Gasteiger partial charge is 0.487 e. The van der Waals surface area contributed by atoms with E-state index >= 15 is 0 Å². The number of amides is 1. The molecule has 3 N–H and O–H groups in total. The van der Waals surface area contributed by atoms with Gasteiger partial charge in [0.2, 0.25) is 11.7 Å². The van der Waals surface area contributed by atoms with Crippen LogP contribution in [0.25, 0.3) is 0 Å². The summed E-state index contributed by atoms with van der Waals surface area (Å²) in [5.41, 5.74) is 1.76. The second-order valence-electron chi connectivity index (χ2n) is 8.77. The highest BCUT2D eigenvalue weighted by atomic mass is 32.2. The van der Waals surface area contributed by atoms with E-state index in [1.807, 2.05) is 44.2 Å². The zero-order valence-electron chi connectivity index (χ0n) is 21.4. The van der Waals surface area contributed by atoms with Gasteiger partial charge in [-0.05, 0) is 76.6 Å². The molecule has 36 heavy (non-hydrogen) atoms. The molecule has 1 saturated carbocycles. The number of carbonyl (C=O) groups excluding carboxylic acids is 1. The van der Waals surface area contributed by atoms with E-state index in [-0.39, 0.29) is 11.8 Å². The van der Waals surface area contributed by atoms with Gasteiger partial charge >= 0.3 is 0 Å². The molecule has 0 radical (unpaired) electrons. The Hall–Kier alpha value is -3.27. The van der Waals surface area contributed by atoms with Crippen LogP contribution in [0.1, 0.15) is 52.1 Å². The molecule has 1 fully saturated rings. The van der Waals surface area contributed by atoms with E-state index in [4.69, 9.17) is 14.7 Å². The molecule has 3 aromatic rings. The lowest BCUT2D eigenvalue weighted by Crippen LogP contribution is -2.24. The van der Waals surface area contributed by atoms with Gasteiger partial charge in [0.1, 0.15) is 0 Å². The van der Waals surface area contributed by atoms with E-state index in [9.17, 15) is 4.79 Å². The lowest BCUT2D eigenvalue weighted by Gasteiger charge is -2.24. The summed E-state index contributed by atoms with van der Waals surface area (Å²) in [7, 11) is 0. The van der Waals surface area contributed by atoms with Gasteiger partial charge in [0, 0.05) is 41.4 Å². The number of ether oxygens (including phenoxy) is 1. The summed E-state index contributed by atoms with van der Waals surface area (Å²) in [4.78, 5) is 25.3. The van der Waals surface area contributed by atoms with Crippen LogP contribution in [0, 0.1) is 12.8 Å². The fraction of sp³-hybridized carbons (Fsp3) is 0.462. The van der Waals surface area contributed by atoms with Gasteiger partial charge in [0.05, 0.1) is 6.61 Å². The number of hydrogen-bond donors (Lipinski definition) is 3. The maximum Gasteiger partial charge on any atom is 0.227 e. The average Bonchev–Trinajstić information content (AvgIpc) is 3.55. The van der Waals surface area contributed by atoms with Gasteiger partial charge in [0.25, 0.3) is 0 Å². The zero-order valence-corrected chi connectivity index (χ0v) is 22.2. The van der Waals surface area contributed by atoms with Crippen molar-refractivity contribution in [2.75, 3.05) is 35.2 Å². The molecule has 1 aliphatic carbocycles. The maximum atomic E-state index is 12.5. The van der Waals surface area contributed by atoms with Gasteiger partial charge in [-0.2, -0.15) is 5.10 Å². The van der Waals surface area contributed by atoms with Crippen molar-refractivity contribution < 1.29 is 9.53 Å². The van der Waals surface area contributed by atoms with E-state index in [1.165, 1.54) is 11.8 Å². The predicted molar refractivity (Wildman–Crippen MR) is 145 cm³/mol. The Kier molecular flexibility index (Phi) is 8.69. The van der Waals surface area contributed by atoms with Crippen molar-refractivity contribution in [3.8, 4) is 5.75 Å². The van der Waals surface area contributed by atoms with Gasteiger partial charge < -0.3 is 20.3 Å². The molecular weight excluding hydrogens is 474 g/mol. The van der Waals surface area contributed by atoms with Gasteiger partial charge in [-0.3, -0.25) is 9.89 Å². The molecule has 0 unspecified atom stereocenters. The number of hydrogen-bond acceptors (Lipinski definition) is 8. The van der Waals surface area contributed by atoms with Crippen molar-refractivity contribution in [1.29, 1.82) is 0 Å². The van der Waals surface area contributed by atoms with E-state index in [0.717, 1.165) is 60.9 Å². The lowest BCUT2D eigenvalue weighted by molar-refractivity contribution is -0.119. The van der Waals surface area contributed by atoms with Gasteiger partial charge in [-0.15, -0.1) is 0 Å². The third kappa shape index (κ3) is 6.29. The summed E-state index contributed by atoms with van der Waals surface area (Å²) < 4.78 is 6.02. The standard InChI is InChI=1S/C26H35N7O2S/c1-5-33(6-2)24-22(35-7-3)23(28-21-16-17(4)31-32-21)29-26(30-24)36-20-14-12-19(13-15-20)27-25(34)18-10-8-9-11-18/h12-16,18H,5-11H2,1-4H3,(H,27,34)(H2,28,29,30,31,32). The SMILES string of the molecule is CCOc1c(Nc2cc(C)[nH]n2)nc(Sc2ccc(NC(=O)C3CCCC3)cc2)nc1N(CC)CC. The number of anilines is 4. The minimum absolute atomic E-state index is 0.121. The molecule has 2 aromatic heterocycles. The molecular formula is C26H35N7O2S. The Morgan fingerprint density at radius 3 is 2.47 bits per heavy atom. The zero-order chi connectivity index (χ0) is 25.5. The van der Waals surface area contributed by atoms with E-state index in [1.54, 1.807) is 0 Å². The molecule has 0 atom stereocenters. The van der Waals surface area contributed by atoms with Crippen LogP contribution < -0.4 is 20.3 Å². The van der Waals surface area contributed by atoms with Crippen molar-refractivity contribution in [3.63, 3.8) is 0 Å². The van der Waals surface area contributed by atoms with E-state index in [2.05, 4.69) is 39.6 Å². The van der Waals surface area contributed by atoms with Crippen LogP contribution >= 0.6 is 11.8 Å². The van der Waals surface area contributed by atoms with Crippen LogP contribution in [-0.2, 0) is 4.79 Å². The minimum atomic E-state index is 0.121. The molecule has 0 aliphatic heterocycles. The molecule has 2 heterocycles. The van der Waals surface area contributed by atoms with Crippen LogP contribution in [0.15, 0.2) is 40.4 Å². The summed E-state index contributed by atoms with van der Waals surface area (Å²) in [6, 6.07) is 9.74. The van der Waals surface area contributed by atoms with Crippen LogP contribution in [-0.4, -0.2) is 45.8 Å². The summed E-state index contributed by atoms with van der Waals surface area (Å²) in [5.74, 6) is 2.85. The first-order chi connectivity index (χ1) is 17.5. The molecule has 192 valence electrons. The third-order valence-electron chi connectivity index (χ3n) is 6.19. The van der Waals surface area contributed by atoms with E-state index < -0.39 is 0 Å². The number of nitrogens with zero attached hydrogens (tertiary/aromatic N) is 4. The molecule has 0 spiro atoms. The predicted octanol–water partition coefficient (Wildman–Crippen LogP) is 5.78. The fourth-order valence-corrected chi connectivity index (χ4v) is 5.06. The molecule has 1 amide bonds. The van der Waals surface area contributed by atoms with Crippen molar-refractivity contribution in [2.45, 2.75) is 63.4 Å². The minimum Gasteiger partial charge on any atom is -0.487 e. The van der Waals surface area contributed by atoms with Crippen molar-refractivity contribution >= 4 is 40.8 Å². The first kappa shape index (κ1) is 25.8. The van der Waals surface area contributed by atoms with Crippen LogP contribution in [0.5, 0.6) is 5.75 Å². The Balaban J connectivity index is 1.59. The van der Waals surface area contributed by atoms with Gasteiger partial charge in [-0.25, -0.2) is 9.97 Å². The number of nitrogens with one attached hydrogen (secondary N) is 3.